The molecule has 7 nitrogen and oxygen atoms in total. The lowest BCUT2D eigenvalue weighted by molar-refractivity contribution is -0.274. The second kappa shape index (κ2) is 8.40. The largest absolute Gasteiger partial charge is 0.573 e. The van der Waals surface area contributed by atoms with Crippen LogP contribution in [-0.2, 0) is 16.0 Å². The van der Waals surface area contributed by atoms with E-state index < -0.39 is 29.8 Å². The van der Waals surface area contributed by atoms with Crippen LogP contribution in [0, 0.1) is 0 Å². The van der Waals surface area contributed by atoms with E-state index in [0.717, 1.165) is 23.0 Å². The van der Waals surface area contributed by atoms with Crippen LogP contribution in [0.2, 0.25) is 0 Å². The summed E-state index contributed by atoms with van der Waals surface area (Å²) in [6.45, 7) is 0. The van der Waals surface area contributed by atoms with Gasteiger partial charge in [0.25, 0.3) is 0 Å². The first-order chi connectivity index (χ1) is 15.1. The Labute approximate surface area is 184 Å². The van der Waals surface area contributed by atoms with Crippen LogP contribution >= 0.6 is 11.3 Å². The van der Waals surface area contributed by atoms with Gasteiger partial charge in [-0.25, -0.2) is 4.98 Å². The van der Waals surface area contributed by atoms with Crippen LogP contribution < -0.4 is 21.1 Å². The number of carbonyl (C=O) groups excluding carboxylic acids is 2. The van der Waals surface area contributed by atoms with Gasteiger partial charge in [-0.1, -0.05) is 41.7 Å². The summed E-state index contributed by atoms with van der Waals surface area (Å²) in [6.07, 6.45) is -3.46. The van der Waals surface area contributed by atoms with Crippen molar-refractivity contribution in [1.29, 1.82) is 0 Å². The number of nitrogens with zero attached hydrogens (tertiary/aromatic N) is 1. The lowest BCUT2D eigenvalue weighted by Crippen LogP contribution is -2.52. The zero-order valence-electron chi connectivity index (χ0n) is 16.6. The summed E-state index contributed by atoms with van der Waals surface area (Å²) in [7, 11) is 0. The molecule has 1 fully saturated rings. The second-order valence-electron chi connectivity index (χ2n) is 7.56. The molecule has 1 atom stereocenters. The average molecular weight is 464 g/mol. The molecule has 3 aromatic rings. The highest BCUT2D eigenvalue weighted by Gasteiger charge is 2.47. The van der Waals surface area contributed by atoms with Gasteiger partial charge in [0.05, 0.1) is 15.8 Å². The zero-order valence-corrected chi connectivity index (χ0v) is 17.4. The van der Waals surface area contributed by atoms with Gasteiger partial charge in [0, 0.05) is 12.5 Å². The molecule has 1 heterocycles. The normalized spacial score (nSPS) is 15.8. The van der Waals surface area contributed by atoms with E-state index in [-0.39, 0.29) is 17.3 Å². The van der Waals surface area contributed by atoms with Crippen LogP contribution in [0.3, 0.4) is 0 Å². The Bertz CT molecular complexity index is 1150. The smallest absolute Gasteiger partial charge is 0.406 e. The topological polar surface area (TPSA) is 106 Å². The Balaban J connectivity index is 1.51. The molecule has 0 saturated heterocycles. The monoisotopic (exact) mass is 464 g/mol. The number of halogens is 3. The Morgan fingerprint density at radius 2 is 1.91 bits per heavy atom. The predicted molar refractivity (Wildman–Crippen MR) is 113 cm³/mol. The molecule has 1 unspecified atom stereocenters. The van der Waals surface area contributed by atoms with Gasteiger partial charge in [0.15, 0.2) is 5.13 Å². The van der Waals surface area contributed by atoms with Crippen LogP contribution in [0.4, 0.5) is 18.3 Å². The highest BCUT2D eigenvalue weighted by atomic mass is 32.1. The van der Waals surface area contributed by atoms with Crippen molar-refractivity contribution in [3.63, 3.8) is 0 Å². The number of nitrogens with two attached hydrogens (primary N) is 1. The lowest BCUT2D eigenvalue weighted by atomic mass is 10.0. The molecule has 0 aliphatic heterocycles. The summed E-state index contributed by atoms with van der Waals surface area (Å²) >= 11 is 0.998. The number of hydrogen-bond acceptors (Lipinski definition) is 6. The number of thiazole rings is 1. The number of fused-ring (bicyclic) bond motifs is 1. The molecule has 0 bridgehead atoms. The Kier molecular flexibility index (Phi) is 5.78. The fourth-order valence-corrected chi connectivity index (χ4v) is 3.97. The Morgan fingerprint density at radius 3 is 2.56 bits per heavy atom. The number of amides is 2. The summed E-state index contributed by atoms with van der Waals surface area (Å²) in [5.74, 6) is -1.28. The number of rotatable bonds is 7. The van der Waals surface area contributed by atoms with Gasteiger partial charge in [-0.3, -0.25) is 9.59 Å². The minimum atomic E-state index is -4.81. The molecule has 2 amide bonds. The number of benzene rings is 2. The molecule has 1 aliphatic rings. The predicted octanol–water partition coefficient (Wildman–Crippen LogP) is 3.35. The minimum absolute atomic E-state index is 0.190. The van der Waals surface area contributed by atoms with Crippen molar-refractivity contribution >= 4 is 38.5 Å². The molecule has 0 radical (unpaired) electrons. The molecule has 4 rings (SSSR count). The first kappa shape index (κ1) is 22.0. The van der Waals surface area contributed by atoms with Gasteiger partial charge in [0.1, 0.15) is 11.8 Å². The van der Waals surface area contributed by atoms with Crippen molar-refractivity contribution in [1.82, 2.24) is 10.3 Å². The third-order valence-electron chi connectivity index (χ3n) is 4.97. The average Bonchev–Trinajstić information content (AvgIpc) is 3.35. The number of alkyl halides is 3. The molecular weight excluding hydrogens is 445 g/mol. The summed E-state index contributed by atoms with van der Waals surface area (Å²) < 4.78 is 41.7. The number of carbonyl (C=O) groups is 2. The van der Waals surface area contributed by atoms with Gasteiger partial charge in [-0.05, 0) is 30.5 Å². The SMILES string of the molecule is NC1(C(=O)NC(Cc2ccccc2)C(=O)Nc2nc3ccc(OC(F)(F)F)cc3s2)CC1. The van der Waals surface area contributed by atoms with E-state index >= 15 is 0 Å². The first-order valence-corrected chi connectivity index (χ1v) is 10.5. The summed E-state index contributed by atoms with van der Waals surface area (Å²) in [5.41, 5.74) is 6.25. The third kappa shape index (κ3) is 5.35. The van der Waals surface area contributed by atoms with Crippen molar-refractivity contribution in [3.8, 4) is 5.75 Å². The molecule has 1 aromatic heterocycles. The molecular formula is C21H19F3N4O3S. The van der Waals surface area contributed by atoms with E-state index in [1.54, 1.807) is 0 Å². The second-order valence-corrected chi connectivity index (χ2v) is 8.59. The van der Waals surface area contributed by atoms with E-state index in [0.29, 0.717) is 23.1 Å². The van der Waals surface area contributed by atoms with E-state index in [1.165, 1.54) is 12.1 Å². The molecule has 11 heteroatoms. The van der Waals surface area contributed by atoms with Gasteiger partial charge in [0.2, 0.25) is 11.8 Å². The number of aromatic nitrogens is 1. The van der Waals surface area contributed by atoms with Crippen molar-refractivity contribution in [3.05, 3.63) is 54.1 Å². The van der Waals surface area contributed by atoms with E-state index in [1.807, 2.05) is 30.3 Å². The molecule has 2 aromatic carbocycles. The molecule has 32 heavy (non-hydrogen) atoms. The van der Waals surface area contributed by atoms with E-state index in [9.17, 15) is 22.8 Å². The van der Waals surface area contributed by atoms with E-state index in [4.69, 9.17) is 5.73 Å². The van der Waals surface area contributed by atoms with Gasteiger partial charge in [-0.15, -0.1) is 13.2 Å². The van der Waals surface area contributed by atoms with Gasteiger partial charge >= 0.3 is 6.36 Å². The summed E-state index contributed by atoms with van der Waals surface area (Å²) in [6, 6.07) is 12.0. The molecule has 4 N–H and O–H groups in total. The molecule has 1 saturated carbocycles. The highest BCUT2D eigenvalue weighted by molar-refractivity contribution is 7.22. The number of anilines is 1. The fraction of sp³-hybridized carbons (Fsp3) is 0.286. The number of hydrogen-bond donors (Lipinski definition) is 3. The Morgan fingerprint density at radius 1 is 1.19 bits per heavy atom. The molecule has 0 spiro atoms. The van der Waals surface area contributed by atoms with Gasteiger partial charge < -0.3 is 21.1 Å². The fourth-order valence-electron chi connectivity index (χ4n) is 3.07. The quantitative estimate of drug-likeness (QED) is 0.497. The number of ether oxygens (including phenoxy) is 1. The van der Waals surface area contributed by atoms with Crippen molar-refractivity contribution in [2.45, 2.75) is 37.2 Å². The maximum absolute atomic E-state index is 13.0. The Hall–Kier alpha value is -3.18. The highest BCUT2D eigenvalue weighted by Crippen LogP contribution is 2.33. The summed E-state index contributed by atoms with van der Waals surface area (Å²) in [4.78, 5) is 29.6. The maximum atomic E-state index is 13.0. The van der Waals surface area contributed by atoms with Gasteiger partial charge in [-0.2, -0.15) is 0 Å². The van der Waals surface area contributed by atoms with Crippen LogP contribution in [0.5, 0.6) is 5.75 Å². The maximum Gasteiger partial charge on any atom is 0.573 e. The van der Waals surface area contributed by atoms with Crippen LogP contribution in [0.1, 0.15) is 18.4 Å². The third-order valence-corrected chi connectivity index (χ3v) is 5.90. The minimum Gasteiger partial charge on any atom is -0.406 e. The van der Waals surface area contributed by atoms with Crippen LogP contribution in [0.25, 0.3) is 10.2 Å². The first-order valence-electron chi connectivity index (χ1n) is 9.72. The molecule has 168 valence electrons. The lowest BCUT2D eigenvalue weighted by Gasteiger charge is -2.20. The standard InChI is InChI=1S/C21H19F3N4O3S/c22-21(23,24)31-13-6-7-14-16(11-13)32-19(27-14)28-17(29)15(10-12-4-2-1-3-5-12)26-18(30)20(25)8-9-20/h1-7,11,15H,8-10,25H2,(H,26,30)(H,27,28,29). The van der Waals surface area contributed by atoms with Crippen LogP contribution in [-0.4, -0.2) is 34.7 Å². The number of nitrogens with one attached hydrogen (secondary N) is 2. The van der Waals surface area contributed by atoms with E-state index in [2.05, 4.69) is 20.4 Å². The van der Waals surface area contributed by atoms with Crippen LogP contribution in [0.15, 0.2) is 48.5 Å². The van der Waals surface area contributed by atoms with Crippen molar-refractivity contribution in [2.24, 2.45) is 5.73 Å². The molecule has 1 aliphatic carbocycles. The van der Waals surface area contributed by atoms with Crippen molar-refractivity contribution < 1.29 is 27.5 Å². The van der Waals surface area contributed by atoms with Crippen molar-refractivity contribution in [2.75, 3.05) is 5.32 Å². The summed E-state index contributed by atoms with van der Waals surface area (Å²) in [5, 5.41) is 5.55. The zero-order chi connectivity index (χ0) is 22.9.